The molecular formula is C22H25F3N4O2. The fourth-order valence-electron chi connectivity index (χ4n) is 3.43. The highest BCUT2D eigenvalue weighted by atomic mass is 19.4. The summed E-state index contributed by atoms with van der Waals surface area (Å²) < 4.78 is 38.6. The number of nitrogens with one attached hydrogen (secondary N) is 3. The van der Waals surface area contributed by atoms with Crippen molar-refractivity contribution < 1.29 is 22.8 Å². The number of anilines is 3. The molecule has 0 saturated carbocycles. The number of carbonyl (C=O) groups is 2. The first-order valence-corrected chi connectivity index (χ1v) is 10.2. The summed E-state index contributed by atoms with van der Waals surface area (Å²) in [5.41, 5.74) is 0.785. The van der Waals surface area contributed by atoms with Crippen molar-refractivity contribution >= 4 is 29.0 Å². The molecule has 3 rings (SSSR count). The van der Waals surface area contributed by atoms with Gasteiger partial charge in [0.05, 0.1) is 11.1 Å². The van der Waals surface area contributed by atoms with Crippen LogP contribution in [0.25, 0.3) is 0 Å². The third-order valence-electron chi connectivity index (χ3n) is 4.93. The van der Waals surface area contributed by atoms with Crippen molar-refractivity contribution in [2.75, 3.05) is 35.2 Å². The van der Waals surface area contributed by atoms with Crippen molar-refractivity contribution in [1.82, 2.24) is 5.32 Å². The molecule has 1 fully saturated rings. The van der Waals surface area contributed by atoms with Gasteiger partial charge < -0.3 is 20.9 Å². The number of amides is 3. The van der Waals surface area contributed by atoms with Gasteiger partial charge in [0.2, 0.25) is 0 Å². The molecule has 0 bridgehead atoms. The fraction of sp³-hybridized carbons (Fsp3) is 0.364. The van der Waals surface area contributed by atoms with Crippen molar-refractivity contribution in [3.8, 4) is 0 Å². The number of hydrogen-bond acceptors (Lipinski definition) is 3. The third-order valence-corrected chi connectivity index (χ3v) is 4.93. The van der Waals surface area contributed by atoms with E-state index in [1.165, 1.54) is 12.1 Å². The van der Waals surface area contributed by atoms with Gasteiger partial charge in [-0.25, -0.2) is 4.79 Å². The van der Waals surface area contributed by atoms with Crippen LogP contribution in [0.1, 0.15) is 42.1 Å². The first-order valence-electron chi connectivity index (χ1n) is 10.2. The summed E-state index contributed by atoms with van der Waals surface area (Å²) in [5, 5.41) is 7.84. The average molecular weight is 434 g/mol. The molecule has 3 amide bonds. The van der Waals surface area contributed by atoms with Crippen LogP contribution in [0.5, 0.6) is 0 Å². The average Bonchev–Trinajstić information content (AvgIpc) is 3.26. The van der Waals surface area contributed by atoms with E-state index in [1.54, 1.807) is 18.2 Å². The van der Waals surface area contributed by atoms with Gasteiger partial charge in [0, 0.05) is 36.7 Å². The third kappa shape index (κ3) is 5.90. The molecule has 31 heavy (non-hydrogen) atoms. The molecule has 9 heteroatoms. The molecule has 166 valence electrons. The minimum Gasteiger partial charge on any atom is -0.371 e. The van der Waals surface area contributed by atoms with Gasteiger partial charge in [0.15, 0.2) is 0 Å². The number of rotatable bonds is 6. The zero-order valence-electron chi connectivity index (χ0n) is 17.2. The number of nitrogens with zero attached hydrogens (tertiary/aromatic N) is 1. The summed E-state index contributed by atoms with van der Waals surface area (Å²) in [4.78, 5) is 27.1. The van der Waals surface area contributed by atoms with E-state index in [0.717, 1.165) is 50.2 Å². The maximum Gasteiger partial charge on any atom is 0.416 e. The number of alkyl halides is 3. The molecule has 1 saturated heterocycles. The highest BCUT2D eigenvalue weighted by molar-refractivity contribution is 6.04. The van der Waals surface area contributed by atoms with E-state index in [2.05, 4.69) is 20.9 Å². The normalized spacial score (nSPS) is 13.7. The number of benzene rings is 2. The van der Waals surface area contributed by atoms with Gasteiger partial charge in [-0.3, -0.25) is 4.79 Å². The molecule has 1 aliphatic heterocycles. The number of carbonyl (C=O) groups excluding carboxylic acids is 2. The van der Waals surface area contributed by atoms with Gasteiger partial charge in [-0.15, -0.1) is 0 Å². The first kappa shape index (κ1) is 22.5. The van der Waals surface area contributed by atoms with Crippen molar-refractivity contribution in [3.05, 3.63) is 53.6 Å². The molecule has 1 aliphatic rings. The molecule has 2 aromatic carbocycles. The van der Waals surface area contributed by atoms with Gasteiger partial charge in [0.25, 0.3) is 5.91 Å². The summed E-state index contributed by atoms with van der Waals surface area (Å²) in [6, 6.07) is 8.73. The Hall–Kier alpha value is -3.23. The van der Waals surface area contributed by atoms with Crippen molar-refractivity contribution in [2.24, 2.45) is 0 Å². The molecule has 0 unspecified atom stereocenters. The molecule has 6 nitrogen and oxygen atoms in total. The number of halogens is 3. The Bertz CT molecular complexity index is 941. The van der Waals surface area contributed by atoms with E-state index in [4.69, 9.17) is 0 Å². The quantitative estimate of drug-likeness (QED) is 0.593. The van der Waals surface area contributed by atoms with E-state index in [-0.39, 0.29) is 11.6 Å². The van der Waals surface area contributed by atoms with Gasteiger partial charge in [0.1, 0.15) is 0 Å². The second-order valence-electron chi connectivity index (χ2n) is 7.34. The molecule has 0 aliphatic carbocycles. The maximum atomic E-state index is 12.9. The van der Waals surface area contributed by atoms with Gasteiger partial charge in [-0.2, -0.15) is 13.2 Å². The van der Waals surface area contributed by atoms with Gasteiger partial charge >= 0.3 is 12.2 Å². The van der Waals surface area contributed by atoms with Crippen LogP contribution in [-0.4, -0.2) is 31.6 Å². The highest BCUT2D eigenvalue weighted by Gasteiger charge is 2.30. The summed E-state index contributed by atoms with van der Waals surface area (Å²) in [5.74, 6) is -0.231. The molecule has 0 radical (unpaired) electrons. The molecule has 0 spiro atoms. The Balaban J connectivity index is 1.76. The topological polar surface area (TPSA) is 73.5 Å². The predicted molar refractivity (Wildman–Crippen MR) is 115 cm³/mol. The van der Waals surface area contributed by atoms with Crippen LogP contribution < -0.4 is 20.9 Å². The first-order chi connectivity index (χ1) is 14.8. The van der Waals surface area contributed by atoms with Gasteiger partial charge in [-0.05, 0) is 55.7 Å². The molecular weight excluding hydrogens is 409 g/mol. The highest BCUT2D eigenvalue weighted by Crippen LogP contribution is 2.31. The van der Waals surface area contributed by atoms with Crippen LogP contribution >= 0.6 is 0 Å². The van der Waals surface area contributed by atoms with Crippen LogP contribution in [0.15, 0.2) is 42.5 Å². The van der Waals surface area contributed by atoms with Crippen molar-refractivity contribution in [3.63, 3.8) is 0 Å². The number of urea groups is 1. The van der Waals surface area contributed by atoms with Crippen LogP contribution in [0.4, 0.5) is 35.0 Å². The SMILES string of the molecule is CCCNC(=O)c1cc(NC(=O)Nc2cccc(C(F)(F)F)c2)ccc1N1CCCC1. The lowest BCUT2D eigenvalue weighted by atomic mass is 10.1. The monoisotopic (exact) mass is 434 g/mol. The fourth-order valence-corrected chi connectivity index (χ4v) is 3.43. The second kappa shape index (κ2) is 9.72. The van der Waals surface area contributed by atoms with E-state index >= 15 is 0 Å². The predicted octanol–water partition coefficient (Wildman–Crippen LogP) is 5.09. The van der Waals surface area contributed by atoms with Crippen molar-refractivity contribution in [1.29, 1.82) is 0 Å². The Labute approximate surface area is 178 Å². The minimum absolute atomic E-state index is 0.0157. The lowest BCUT2D eigenvalue weighted by Crippen LogP contribution is -2.28. The standard InChI is InChI=1S/C22H25F3N4O2/c1-2-10-26-20(30)18-14-17(8-9-19(18)29-11-3-4-12-29)28-21(31)27-16-7-5-6-15(13-16)22(23,24)25/h5-9,13-14H,2-4,10-12H2,1H3,(H,26,30)(H2,27,28,31). The Morgan fingerprint density at radius 3 is 2.32 bits per heavy atom. The van der Waals surface area contributed by atoms with E-state index in [9.17, 15) is 22.8 Å². The van der Waals surface area contributed by atoms with Crippen LogP contribution in [0.3, 0.4) is 0 Å². The Morgan fingerprint density at radius 1 is 1.00 bits per heavy atom. The van der Waals surface area contributed by atoms with Crippen LogP contribution in [-0.2, 0) is 6.18 Å². The van der Waals surface area contributed by atoms with Crippen LogP contribution in [0.2, 0.25) is 0 Å². The Kier molecular flexibility index (Phi) is 7.04. The molecule has 3 N–H and O–H groups in total. The minimum atomic E-state index is -4.50. The Morgan fingerprint density at radius 2 is 1.68 bits per heavy atom. The lowest BCUT2D eigenvalue weighted by Gasteiger charge is -2.22. The zero-order valence-corrected chi connectivity index (χ0v) is 17.2. The molecule has 0 aromatic heterocycles. The van der Waals surface area contributed by atoms with E-state index < -0.39 is 17.8 Å². The summed E-state index contributed by atoms with van der Waals surface area (Å²) in [6.45, 7) is 4.21. The van der Waals surface area contributed by atoms with Crippen LogP contribution in [0, 0.1) is 0 Å². The van der Waals surface area contributed by atoms with Crippen molar-refractivity contribution in [2.45, 2.75) is 32.4 Å². The molecule has 0 atom stereocenters. The number of hydrogen-bond donors (Lipinski definition) is 3. The van der Waals surface area contributed by atoms with E-state index in [1.807, 2.05) is 6.92 Å². The smallest absolute Gasteiger partial charge is 0.371 e. The van der Waals surface area contributed by atoms with E-state index in [0.29, 0.717) is 17.8 Å². The summed E-state index contributed by atoms with van der Waals surface area (Å²) in [6.07, 6.45) is -1.60. The molecule has 1 heterocycles. The second-order valence-corrected chi connectivity index (χ2v) is 7.34. The summed E-state index contributed by atoms with van der Waals surface area (Å²) in [7, 11) is 0. The molecule has 2 aromatic rings. The lowest BCUT2D eigenvalue weighted by molar-refractivity contribution is -0.137. The largest absolute Gasteiger partial charge is 0.416 e. The zero-order chi connectivity index (χ0) is 22.4. The van der Waals surface area contributed by atoms with Gasteiger partial charge in [-0.1, -0.05) is 13.0 Å². The summed E-state index contributed by atoms with van der Waals surface area (Å²) >= 11 is 0. The maximum absolute atomic E-state index is 12.9.